The second-order valence-corrected chi connectivity index (χ2v) is 6.45. The SMILES string of the molecule is CCCNC(c1cc(C)ccc1OC)C1CC2CCC1O2. The van der Waals surface area contributed by atoms with Crippen LogP contribution < -0.4 is 10.1 Å². The molecule has 3 heteroatoms. The summed E-state index contributed by atoms with van der Waals surface area (Å²) in [4.78, 5) is 0. The Balaban J connectivity index is 1.90. The lowest BCUT2D eigenvalue weighted by Crippen LogP contribution is -2.34. The summed E-state index contributed by atoms with van der Waals surface area (Å²) < 4.78 is 11.7. The fourth-order valence-corrected chi connectivity index (χ4v) is 3.92. The van der Waals surface area contributed by atoms with Crippen molar-refractivity contribution in [3.8, 4) is 5.75 Å². The monoisotopic (exact) mass is 289 g/mol. The highest BCUT2D eigenvalue weighted by molar-refractivity contribution is 5.40. The van der Waals surface area contributed by atoms with Gasteiger partial charge in [0.15, 0.2) is 0 Å². The van der Waals surface area contributed by atoms with Crippen molar-refractivity contribution in [1.82, 2.24) is 5.32 Å². The molecule has 3 nitrogen and oxygen atoms in total. The molecule has 0 aromatic heterocycles. The molecule has 1 aromatic rings. The zero-order valence-corrected chi connectivity index (χ0v) is 13.4. The number of methoxy groups -OCH3 is 1. The van der Waals surface area contributed by atoms with Crippen LogP contribution in [0.1, 0.15) is 49.8 Å². The molecule has 1 aromatic carbocycles. The van der Waals surface area contributed by atoms with Gasteiger partial charge in [0, 0.05) is 17.5 Å². The number of benzene rings is 1. The second-order valence-electron chi connectivity index (χ2n) is 6.45. The van der Waals surface area contributed by atoms with Gasteiger partial charge in [0.05, 0.1) is 19.3 Å². The summed E-state index contributed by atoms with van der Waals surface area (Å²) in [5.74, 6) is 1.57. The lowest BCUT2D eigenvalue weighted by atomic mass is 9.80. The highest BCUT2D eigenvalue weighted by atomic mass is 16.5. The minimum absolute atomic E-state index is 0.343. The quantitative estimate of drug-likeness (QED) is 0.868. The van der Waals surface area contributed by atoms with Crippen LogP contribution in [0.5, 0.6) is 5.75 Å². The minimum Gasteiger partial charge on any atom is -0.496 e. The first-order valence-corrected chi connectivity index (χ1v) is 8.26. The van der Waals surface area contributed by atoms with E-state index >= 15 is 0 Å². The predicted molar refractivity (Wildman–Crippen MR) is 84.8 cm³/mol. The van der Waals surface area contributed by atoms with E-state index in [0.717, 1.165) is 18.7 Å². The normalized spacial score (nSPS) is 28.8. The Morgan fingerprint density at radius 2 is 2.24 bits per heavy atom. The Bertz CT molecular complexity index is 488. The van der Waals surface area contributed by atoms with Crippen LogP contribution in [-0.4, -0.2) is 25.9 Å². The van der Waals surface area contributed by atoms with E-state index in [9.17, 15) is 0 Å². The smallest absolute Gasteiger partial charge is 0.123 e. The van der Waals surface area contributed by atoms with Gasteiger partial charge in [-0.05, 0) is 45.2 Å². The van der Waals surface area contributed by atoms with Gasteiger partial charge in [-0.2, -0.15) is 0 Å². The number of ether oxygens (including phenoxy) is 2. The van der Waals surface area contributed by atoms with Crippen LogP contribution in [-0.2, 0) is 4.74 Å². The van der Waals surface area contributed by atoms with Gasteiger partial charge in [-0.25, -0.2) is 0 Å². The van der Waals surface area contributed by atoms with Crippen molar-refractivity contribution in [2.24, 2.45) is 5.92 Å². The Hall–Kier alpha value is -1.06. The number of nitrogens with one attached hydrogen (secondary N) is 1. The maximum Gasteiger partial charge on any atom is 0.123 e. The first-order valence-electron chi connectivity index (χ1n) is 8.26. The molecule has 2 bridgehead atoms. The molecule has 4 atom stereocenters. The third-order valence-corrected chi connectivity index (χ3v) is 4.92. The summed E-state index contributed by atoms with van der Waals surface area (Å²) in [6.07, 6.45) is 5.70. The highest BCUT2D eigenvalue weighted by Gasteiger charge is 2.45. The molecule has 0 saturated carbocycles. The predicted octanol–water partition coefficient (Wildman–Crippen LogP) is 3.61. The Kier molecular flexibility index (Phi) is 4.51. The van der Waals surface area contributed by atoms with E-state index in [1.807, 2.05) is 0 Å². The molecule has 2 aliphatic rings. The van der Waals surface area contributed by atoms with E-state index in [-0.39, 0.29) is 0 Å². The Morgan fingerprint density at radius 1 is 1.38 bits per heavy atom. The molecule has 2 fully saturated rings. The van der Waals surface area contributed by atoms with Crippen LogP contribution in [0.2, 0.25) is 0 Å². The van der Waals surface area contributed by atoms with Crippen molar-refractivity contribution in [2.75, 3.05) is 13.7 Å². The number of aryl methyl sites for hydroxylation is 1. The van der Waals surface area contributed by atoms with Gasteiger partial charge >= 0.3 is 0 Å². The number of rotatable bonds is 6. The molecule has 2 saturated heterocycles. The molecule has 4 unspecified atom stereocenters. The highest BCUT2D eigenvalue weighted by Crippen LogP contribution is 2.46. The lowest BCUT2D eigenvalue weighted by Gasteiger charge is -2.31. The van der Waals surface area contributed by atoms with E-state index < -0.39 is 0 Å². The first kappa shape index (κ1) is 14.9. The first-order chi connectivity index (χ1) is 10.2. The van der Waals surface area contributed by atoms with Crippen molar-refractivity contribution in [2.45, 2.75) is 57.8 Å². The van der Waals surface area contributed by atoms with Gasteiger partial charge in [0.2, 0.25) is 0 Å². The van der Waals surface area contributed by atoms with Crippen molar-refractivity contribution in [1.29, 1.82) is 0 Å². The van der Waals surface area contributed by atoms with E-state index in [1.54, 1.807) is 7.11 Å². The lowest BCUT2D eigenvalue weighted by molar-refractivity contribution is 0.0854. The molecule has 0 amide bonds. The summed E-state index contributed by atoms with van der Waals surface area (Å²) in [5, 5.41) is 3.75. The van der Waals surface area contributed by atoms with Gasteiger partial charge in [-0.1, -0.05) is 24.6 Å². The molecule has 0 radical (unpaired) electrons. The average molecular weight is 289 g/mol. The molecule has 116 valence electrons. The Labute approximate surface area is 128 Å². The van der Waals surface area contributed by atoms with Crippen molar-refractivity contribution in [3.05, 3.63) is 29.3 Å². The maximum atomic E-state index is 6.09. The molecule has 0 spiro atoms. The summed E-state index contributed by atoms with van der Waals surface area (Å²) in [5.41, 5.74) is 2.59. The van der Waals surface area contributed by atoms with Crippen LogP contribution in [0, 0.1) is 12.8 Å². The van der Waals surface area contributed by atoms with Crippen molar-refractivity contribution < 1.29 is 9.47 Å². The standard InChI is InChI=1S/C18H27NO2/c1-4-9-19-18(15-11-13-6-8-17(15)21-13)14-10-12(2)5-7-16(14)20-3/h5,7,10,13,15,17-19H,4,6,8-9,11H2,1-3H3. The fraction of sp³-hybridized carbons (Fsp3) is 0.667. The summed E-state index contributed by atoms with van der Waals surface area (Å²) >= 11 is 0. The van der Waals surface area contributed by atoms with Crippen LogP contribution >= 0.6 is 0 Å². The zero-order chi connectivity index (χ0) is 14.8. The summed E-state index contributed by atoms with van der Waals surface area (Å²) in [7, 11) is 1.77. The van der Waals surface area contributed by atoms with Crippen molar-refractivity contribution in [3.63, 3.8) is 0 Å². The molecule has 2 heterocycles. The van der Waals surface area contributed by atoms with Gasteiger partial charge in [-0.3, -0.25) is 0 Å². The summed E-state index contributed by atoms with van der Waals surface area (Å²) in [6.45, 7) is 5.40. The van der Waals surface area contributed by atoms with Crippen LogP contribution in [0.15, 0.2) is 18.2 Å². The molecule has 3 rings (SSSR count). The van der Waals surface area contributed by atoms with Gasteiger partial charge in [0.25, 0.3) is 0 Å². The molecule has 1 N–H and O–H groups in total. The summed E-state index contributed by atoms with van der Waals surface area (Å²) in [6, 6.07) is 6.84. The van der Waals surface area contributed by atoms with Gasteiger partial charge in [-0.15, -0.1) is 0 Å². The number of hydrogen-bond donors (Lipinski definition) is 1. The molecular formula is C18H27NO2. The third-order valence-electron chi connectivity index (χ3n) is 4.92. The number of fused-ring (bicyclic) bond motifs is 2. The molecular weight excluding hydrogens is 262 g/mol. The largest absolute Gasteiger partial charge is 0.496 e. The van der Waals surface area contributed by atoms with Crippen LogP contribution in [0.3, 0.4) is 0 Å². The third kappa shape index (κ3) is 2.95. The van der Waals surface area contributed by atoms with Crippen molar-refractivity contribution >= 4 is 0 Å². The Morgan fingerprint density at radius 3 is 2.86 bits per heavy atom. The fourth-order valence-electron chi connectivity index (χ4n) is 3.92. The van der Waals surface area contributed by atoms with Crippen LogP contribution in [0.4, 0.5) is 0 Å². The van der Waals surface area contributed by atoms with Gasteiger partial charge in [0.1, 0.15) is 5.75 Å². The topological polar surface area (TPSA) is 30.5 Å². The zero-order valence-electron chi connectivity index (χ0n) is 13.4. The number of hydrogen-bond acceptors (Lipinski definition) is 3. The molecule has 0 aliphatic carbocycles. The van der Waals surface area contributed by atoms with E-state index in [4.69, 9.17) is 9.47 Å². The van der Waals surface area contributed by atoms with E-state index in [2.05, 4.69) is 37.4 Å². The van der Waals surface area contributed by atoms with E-state index in [0.29, 0.717) is 24.2 Å². The molecule has 21 heavy (non-hydrogen) atoms. The minimum atomic E-state index is 0.343. The maximum absolute atomic E-state index is 6.09. The van der Waals surface area contributed by atoms with E-state index in [1.165, 1.54) is 30.4 Å². The second kappa shape index (κ2) is 6.37. The average Bonchev–Trinajstić information content (AvgIpc) is 3.11. The van der Waals surface area contributed by atoms with Gasteiger partial charge < -0.3 is 14.8 Å². The molecule has 2 aliphatic heterocycles. The van der Waals surface area contributed by atoms with Crippen LogP contribution in [0.25, 0.3) is 0 Å².